The third-order valence-corrected chi connectivity index (χ3v) is 5.00. The minimum Gasteiger partial charge on any atom is -0.298 e. The molecule has 15 heavy (non-hydrogen) atoms. The maximum Gasteiger partial charge on any atom is 0.0213 e. The molecule has 1 nitrogen and oxygen atoms in total. The van der Waals surface area contributed by atoms with Gasteiger partial charge in [-0.2, -0.15) is 0 Å². The predicted octanol–water partition coefficient (Wildman–Crippen LogP) is 3.59. The van der Waals surface area contributed by atoms with Gasteiger partial charge in [-0.1, -0.05) is 32.1 Å². The van der Waals surface area contributed by atoms with Crippen molar-refractivity contribution < 1.29 is 0 Å². The van der Waals surface area contributed by atoms with E-state index in [9.17, 15) is 0 Å². The summed E-state index contributed by atoms with van der Waals surface area (Å²) < 4.78 is 0. The van der Waals surface area contributed by atoms with E-state index in [1.807, 2.05) is 0 Å². The van der Waals surface area contributed by atoms with Crippen LogP contribution >= 0.6 is 0 Å². The van der Waals surface area contributed by atoms with Crippen LogP contribution in [0.25, 0.3) is 0 Å². The maximum atomic E-state index is 2.83. The molecule has 0 aromatic rings. The lowest BCUT2D eigenvalue weighted by atomic mass is 9.83. The number of rotatable bonds is 3. The first-order chi connectivity index (χ1) is 7.39. The van der Waals surface area contributed by atoms with Gasteiger partial charge in [0.15, 0.2) is 0 Å². The van der Waals surface area contributed by atoms with Crippen molar-refractivity contribution in [2.75, 3.05) is 13.1 Å². The van der Waals surface area contributed by atoms with Crippen molar-refractivity contribution in [3.05, 3.63) is 0 Å². The van der Waals surface area contributed by atoms with Crippen molar-refractivity contribution in [2.24, 2.45) is 5.92 Å². The first-order valence-electron chi connectivity index (χ1n) is 7.14. The van der Waals surface area contributed by atoms with E-state index in [4.69, 9.17) is 0 Å². The summed E-state index contributed by atoms with van der Waals surface area (Å²) in [6, 6.07) is 0. The van der Waals surface area contributed by atoms with E-state index in [0.717, 1.165) is 11.5 Å². The lowest BCUT2D eigenvalue weighted by Gasteiger charge is -2.32. The average molecular weight is 207 g/mol. The van der Waals surface area contributed by atoms with Crippen molar-refractivity contribution in [2.45, 2.75) is 69.7 Å². The molecule has 0 amide bonds. The molecule has 2 aliphatic carbocycles. The molecular weight excluding hydrogens is 182 g/mol. The Kier molecular flexibility index (Phi) is 2.76. The fourth-order valence-corrected chi connectivity index (χ4v) is 3.91. The fraction of sp³-hybridized carbons (Fsp3) is 1.00. The molecular formula is C14H25N. The molecule has 3 fully saturated rings. The largest absolute Gasteiger partial charge is 0.298 e. The summed E-state index contributed by atoms with van der Waals surface area (Å²) in [6.45, 7) is 2.82. The summed E-state index contributed by atoms with van der Waals surface area (Å²) in [7, 11) is 0. The van der Waals surface area contributed by atoms with Gasteiger partial charge in [-0.05, 0) is 51.1 Å². The van der Waals surface area contributed by atoms with Crippen LogP contribution in [0.5, 0.6) is 0 Å². The van der Waals surface area contributed by atoms with E-state index >= 15 is 0 Å². The zero-order valence-electron chi connectivity index (χ0n) is 10.0. The number of hydrogen-bond acceptors (Lipinski definition) is 1. The molecule has 1 aliphatic heterocycles. The van der Waals surface area contributed by atoms with Gasteiger partial charge < -0.3 is 0 Å². The highest BCUT2D eigenvalue weighted by Crippen LogP contribution is 2.49. The lowest BCUT2D eigenvalue weighted by molar-refractivity contribution is 0.167. The Morgan fingerprint density at radius 2 is 1.53 bits per heavy atom. The second kappa shape index (κ2) is 4.08. The smallest absolute Gasteiger partial charge is 0.0213 e. The molecule has 0 N–H and O–H groups in total. The summed E-state index contributed by atoms with van der Waals surface area (Å²) in [4.78, 5) is 2.83. The number of hydrogen-bond donors (Lipinski definition) is 0. The van der Waals surface area contributed by atoms with E-state index in [2.05, 4.69) is 4.90 Å². The summed E-state index contributed by atoms with van der Waals surface area (Å²) in [5.74, 6) is 1.09. The third-order valence-electron chi connectivity index (χ3n) is 5.00. The van der Waals surface area contributed by atoms with Crippen LogP contribution in [-0.4, -0.2) is 23.5 Å². The van der Waals surface area contributed by atoms with Crippen LogP contribution in [0.15, 0.2) is 0 Å². The highest BCUT2D eigenvalue weighted by atomic mass is 15.2. The van der Waals surface area contributed by atoms with Crippen molar-refractivity contribution in [1.82, 2.24) is 4.90 Å². The molecule has 0 aromatic heterocycles. The van der Waals surface area contributed by atoms with Gasteiger partial charge in [-0.3, -0.25) is 4.90 Å². The molecule has 0 atom stereocenters. The third kappa shape index (κ3) is 2.08. The standard InChI is InChI=1S/C14H25N/c1-2-6-13(7-3-1)12-14(8-9-14)15-10-4-5-11-15/h13H,1-12H2. The summed E-state index contributed by atoms with van der Waals surface area (Å²) >= 11 is 0. The summed E-state index contributed by atoms with van der Waals surface area (Å²) in [5, 5.41) is 0. The fourth-order valence-electron chi connectivity index (χ4n) is 3.91. The second-order valence-electron chi connectivity index (χ2n) is 6.13. The van der Waals surface area contributed by atoms with Crippen LogP contribution in [0.3, 0.4) is 0 Å². The number of nitrogens with zero attached hydrogens (tertiary/aromatic N) is 1. The minimum atomic E-state index is 0.721. The van der Waals surface area contributed by atoms with Crippen LogP contribution in [0.4, 0.5) is 0 Å². The molecule has 3 rings (SSSR count). The quantitative estimate of drug-likeness (QED) is 0.683. The molecule has 0 spiro atoms. The van der Waals surface area contributed by atoms with Crippen molar-refractivity contribution in [3.63, 3.8) is 0 Å². The maximum absolute atomic E-state index is 2.83. The van der Waals surface area contributed by atoms with E-state index in [-0.39, 0.29) is 0 Å². The lowest BCUT2D eigenvalue weighted by Crippen LogP contribution is -2.36. The van der Waals surface area contributed by atoms with Gasteiger partial charge in [0.25, 0.3) is 0 Å². The minimum absolute atomic E-state index is 0.721. The summed E-state index contributed by atoms with van der Waals surface area (Å²) in [5.41, 5.74) is 0.721. The van der Waals surface area contributed by atoms with Crippen molar-refractivity contribution >= 4 is 0 Å². The van der Waals surface area contributed by atoms with Gasteiger partial charge in [-0.15, -0.1) is 0 Å². The van der Waals surface area contributed by atoms with Crippen LogP contribution < -0.4 is 0 Å². The van der Waals surface area contributed by atoms with Crippen molar-refractivity contribution in [3.8, 4) is 0 Å². The molecule has 86 valence electrons. The highest BCUT2D eigenvalue weighted by molar-refractivity contribution is 5.05. The van der Waals surface area contributed by atoms with Gasteiger partial charge in [0, 0.05) is 5.54 Å². The highest BCUT2D eigenvalue weighted by Gasteiger charge is 2.49. The zero-order chi connectivity index (χ0) is 10.1. The van der Waals surface area contributed by atoms with E-state index in [0.29, 0.717) is 0 Å². The van der Waals surface area contributed by atoms with Crippen LogP contribution in [0.1, 0.15) is 64.2 Å². The Hall–Kier alpha value is -0.0400. The zero-order valence-corrected chi connectivity index (χ0v) is 10.0. The normalized spacial score (nSPS) is 32.0. The molecule has 1 saturated heterocycles. The first-order valence-corrected chi connectivity index (χ1v) is 7.14. The first kappa shape index (κ1) is 10.1. The monoisotopic (exact) mass is 207 g/mol. The topological polar surface area (TPSA) is 3.24 Å². The van der Waals surface area contributed by atoms with Gasteiger partial charge in [0.1, 0.15) is 0 Å². The second-order valence-corrected chi connectivity index (χ2v) is 6.13. The predicted molar refractivity (Wildman–Crippen MR) is 64.0 cm³/mol. The Morgan fingerprint density at radius 3 is 2.13 bits per heavy atom. The molecule has 0 radical (unpaired) electrons. The van der Waals surface area contributed by atoms with E-state index in [1.165, 1.54) is 70.9 Å². The Bertz CT molecular complexity index is 207. The molecule has 0 aromatic carbocycles. The number of likely N-dealkylation sites (tertiary alicyclic amines) is 1. The van der Waals surface area contributed by atoms with Crippen LogP contribution in [0.2, 0.25) is 0 Å². The molecule has 0 bridgehead atoms. The average Bonchev–Trinajstić information content (AvgIpc) is 2.84. The summed E-state index contributed by atoms with van der Waals surface area (Å²) in [6.07, 6.45) is 15.1. The Balaban J connectivity index is 1.56. The molecule has 2 saturated carbocycles. The molecule has 1 heterocycles. The van der Waals surface area contributed by atoms with E-state index in [1.54, 1.807) is 6.42 Å². The Morgan fingerprint density at radius 1 is 0.867 bits per heavy atom. The van der Waals surface area contributed by atoms with Crippen LogP contribution in [0, 0.1) is 5.92 Å². The molecule has 1 heteroatoms. The van der Waals surface area contributed by atoms with Crippen LogP contribution in [-0.2, 0) is 0 Å². The SMILES string of the molecule is C1CCC(CC2(N3CCCC3)CC2)CC1. The molecule has 0 unspecified atom stereocenters. The van der Waals surface area contributed by atoms with Crippen molar-refractivity contribution in [1.29, 1.82) is 0 Å². The van der Waals surface area contributed by atoms with Gasteiger partial charge >= 0.3 is 0 Å². The van der Waals surface area contributed by atoms with Gasteiger partial charge in [0.2, 0.25) is 0 Å². The Labute approximate surface area is 94.2 Å². The van der Waals surface area contributed by atoms with Gasteiger partial charge in [-0.25, -0.2) is 0 Å². The molecule has 3 aliphatic rings. The van der Waals surface area contributed by atoms with E-state index < -0.39 is 0 Å². The van der Waals surface area contributed by atoms with Gasteiger partial charge in [0.05, 0.1) is 0 Å².